The molecule has 0 spiro atoms. The maximum Gasteiger partial charge on any atom is 0.149 e. The van der Waals surface area contributed by atoms with Crippen LogP contribution >= 0.6 is 0 Å². The Hall–Kier alpha value is -1.56. The van der Waals surface area contributed by atoms with Gasteiger partial charge in [-0.2, -0.15) is 5.10 Å². The second-order valence-corrected chi connectivity index (χ2v) is 3.59. The predicted molar refractivity (Wildman–Crippen MR) is 59.5 cm³/mol. The number of aromatic nitrogens is 2. The number of rotatable bonds is 3. The fraction of sp³-hybridized carbons (Fsp3) is 0.500. The molecule has 3 nitrogen and oxygen atoms in total. The van der Waals surface area contributed by atoms with Gasteiger partial charge in [0.05, 0.1) is 12.1 Å². The van der Waals surface area contributed by atoms with Crippen molar-refractivity contribution in [3.05, 3.63) is 17.0 Å². The monoisotopic (exact) mass is 204 g/mol. The van der Waals surface area contributed by atoms with Gasteiger partial charge in [-0.05, 0) is 20.8 Å². The van der Waals surface area contributed by atoms with E-state index in [9.17, 15) is 4.79 Å². The summed E-state index contributed by atoms with van der Waals surface area (Å²) in [6.07, 6.45) is 0.782. The van der Waals surface area contributed by atoms with Crippen LogP contribution in [-0.2, 0) is 18.3 Å². The van der Waals surface area contributed by atoms with Crippen molar-refractivity contribution in [3.63, 3.8) is 0 Å². The van der Waals surface area contributed by atoms with E-state index in [1.807, 2.05) is 25.6 Å². The molecule has 0 unspecified atom stereocenters. The standard InChI is InChI=1S/C12H16N2O/c1-5-6-7-11(15)8-12-9(2)13-14(4)10(12)3/h7-8H2,1-4H3. The van der Waals surface area contributed by atoms with E-state index in [4.69, 9.17) is 0 Å². The molecule has 0 aliphatic rings. The maximum absolute atomic E-state index is 11.5. The Morgan fingerprint density at radius 2 is 2.13 bits per heavy atom. The minimum atomic E-state index is 0.156. The molecule has 0 N–H and O–H groups in total. The van der Waals surface area contributed by atoms with Gasteiger partial charge in [0, 0.05) is 24.7 Å². The molecule has 0 radical (unpaired) electrons. The number of nitrogens with zero attached hydrogens (tertiary/aromatic N) is 2. The van der Waals surface area contributed by atoms with Gasteiger partial charge >= 0.3 is 0 Å². The molecule has 1 heterocycles. The van der Waals surface area contributed by atoms with E-state index in [0.29, 0.717) is 12.8 Å². The van der Waals surface area contributed by atoms with Crippen LogP contribution in [0.2, 0.25) is 0 Å². The first-order valence-electron chi connectivity index (χ1n) is 4.96. The number of aryl methyl sites for hydroxylation is 2. The van der Waals surface area contributed by atoms with Gasteiger partial charge in [-0.1, -0.05) is 5.92 Å². The number of hydrogen-bond acceptors (Lipinski definition) is 2. The fourth-order valence-corrected chi connectivity index (χ4v) is 1.52. The molecule has 0 bridgehead atoms. The summed E-state index contributed by atoms with van der Waals surface area (Å²) < 4.78 is 1.81. The Morgan fingerprint density at radius 3 is 2.60 bits per heavy atom. The molecule has 0 fully saturated rings. The van der Waals surface area contributed by atoms with Crippen molar-refractivity contribution in [1.82, 2.24) is 9.78 Å². The van der Waals surface area contributed by atoms with Gasteiger partial charge in [0.25, 0.3) is 0 Å². The van der Waals surface area contributed by atoms with E-state index in [1.54, 1.807) is 6.92 Å². The summed E-state index contributed by atoms with van der Waals surface area (Å²) >= 11 is 0. The minimum Gasteiger partial charge on any atom is -0.298 e. The Balaban J connectivity index is 2.79. The third kappa shape index (κ3) is 2.69. The topological polar surface area (TPSA) is 34.9 Å². The number of Topliss-reactive ketones (excluding diaryl/α,β-unsaturated/α-hetero) is 1. The van der Waals surface area contributed by atoms with E-state index in [1.165, 1.54) is 0 Å². The van der Waals surface area contributed by atoms with Crippen LogP contribution in [0.25, 0.3) is 0 Å². The van der Waals surface area contributed by atoms with Crippen molar-refractivity contribution in [3.8, 4) is 11.8 Å². The normalized spacial score (nSPS) is 9.60. The molecular weight excluding hydrogens is 188 g/mol. The van der Waals surface area contributed by atoms with Crippen molar-refractivity contribution in [2.24, 2.45) is 7.05 Å². The molecule has 1 rings (SSSR count). The fourth-order valence-electron chi connectivity index (χ4n) is 1.52. The first-order chi connectivity index (χ1) is 7.06. The number of hydrogen-bond donors (Lipinski definition) is 0. The Labute approximate surface area is 90.5 Å². The van der Waals surface area contributed by atoms with E-state index in [2.05, 4.69) is 16.9 Å². The van der Waals surface area contributed by atoms with E-state index >= 15 is 0 Å². The highest BCUT2D eigenvalue weighted by Crippen LogP contribution is 2.13. The molecule has 3 heteroatoms. The highest BCUT2D eigenvalue weighted by Gasteiger charge is 2.12. The predicted octanol–water partition coefficient (Wildman–Crippen LogP) is 1.56. The van der Waals surface area contributed by atoms with Crippen LogP contribution in [0.1, 0.15) is 30.3 Å². The Morgan fingerprint density at radius 1 is 1.47 bits per heavy atom. The van der Waals surface area contributed by atoms with E-state index in [-0.39, 0.29) is 5.78 Å². The summed E-state index contributed by atoms with van der Waals surface area (Å²) in [5.41, 5.74) is 3.04. The van der Waals surface area contributed by atoms with Crippen molar-refractivity contribution in [2.45, 2.75) is 33.6 Å². The lowest BCUT2D eigenvalue weighted by Crippen LogP contribution is -2.03. The number of carbonyl (C=O) groups is 1. The van der Waals surface area contributed by atoms with Crippen LogP contribution in [0.4, 0.5) is 0 Å². The zero-order valence-electron chi connectivity index (χ0n) is 9.72. The molecule has 0 saturated heterocycles. The molecule has 0 atom stereocenters. The van der Waals surface area contributed by atoms with Gasteiger partial charge in [0.1, 0.15) is 5.78 Å². The average Bonchev–Trinajstić information content (AvgIpc) is 2.42. The molecule has 1 aromatic rings. The van der Waals surface area contributed by atoms with Crippen molar-refractivity contribution in [2.75, 3.05) is 0 Å². The zero-order chi connectivity index (χ0) is 11.4. The summed E-state index contributed by atoms with van der Waals surface area (Å²) in [5.74, 6) is 5.67. The summed E-state index contributed by atoms with van der Waals surface area (Å²) in [5, 5.41) is 4.27. The third-order valence-electron chi connectivity index (χ3n) is 2.50. The van der Waals surface area contributed by atoms with Gasteiger partial charge in [0.2, 0.25) is 0 Å². The van der Waals surface area contributed by atoms with Crippen LogP contribution in [0, 0.1) is 25.7 Å². The van der Waals surface area contributed by atoms with Gasteiger partial charge in [-0.15, -0.1) is 5.92 Å². The van der Waals surface area contributed by atoms with Gasteiger partial charge < -0.3 is 0 Å². The number of ketones is 1. The van der Waals surface area contributed by atoms with Gasteiger partial charge in [-0.3, -0.25) is 9.48 Å². The molecule has 0 saturated carbocycles. The molecule has 15 heavy (non-hydrogen) atoms. The van der Waals surface area contributed by atoms with Crippen LogP contribution in [0.15, 0.2) is 0 Å². The van der Waals surface area contributed by atoms with Crippen molar-refractivity contribution >= 4 is 5.78 Å². The second-order valence-electron chi connectivity index (χ2n) is 3.59. The SMILES string of the molecule is CC#CCC(=O)Cc1c(C)nn(C)c1C. The first kappa shape index (κ1) is 11.5. The molecule has 0 aromatic carbocycles. The second kappa shape index (κ2) is 4.79. The quantitative estimate of drug-likeness (QED) is 0.700. The molecule has 0 aliphatic heterocycles. The van der Waals surface area contributed by atoms with Crippen LogP contribution in [0.3, 0.4) is 0 Å². The maximum atomic E-state index is 11.5. The van der Waals surface area contributed by atoms with Crippen LogP contribution < -0.4 is 0 Å². The van der Waals surface area contributed by atoms with E-state index in [0.717, 1.165) is 17.0 Å². The smallest absolute Gasteiger partial charge is 0.149 e. The Kier molecular flexibility index (Phi) is 3.68. The third-order valence-corrected chi connectivity index (χ3v) is 2.50. The lowest BCUT2D eigenvalue weighted by Gasteiger charge is -1.99. The molecule has 0 aliphatic carbocycles. The first-order valence-corrected chi connectivity index (χ1v) is 4.96. The van der Waals surface area contributed by atoms with E-state index < -0.39 is 0 Å². The highest BCUT2D eigenvalue weighted by atomic mass is 16.1. The highest BCUT2D eigenvalue weighted by molar-refractivity contribution is 5.83. The molecule has 0 amide bonds. The largest absolute Gasteiger partial charge is 0.298 e. The molecule has 80 valence electrons. The summed E-state index contributed by atoms with van der Waals surface area (Å²) in [4.78, 5) is 11.5. The minimum absolute atomic E-state index is 0.156. The lowest BCUT2D eigenvalue weighted by molar-refractivity contribution is -0.117. The van der Waals surface area contributed by atoms with Crippen LogP contribution in [0.5, 0.6) is 0 Å². The molecule has 1 aromatic heterocycles. The van der Waals surface area contributed by atoms with Crippen molar-refractivity contribution in [1.29, 1.82) is 0 Å². The van der Waals surface area contributed by atoms with Gasteiger partial charge in [-0.25, -0.2) is 0 Å². The van der Waals surface area contributed by atoms with Gasteiger partial charge in [0.15, 0.2) is 0 Å². The summed E-state index contributed by atoms with van der Waals surface area (Å²) in [6, 6.07) is 0. The Bertz CT molecular complexity index is 432. The molecular formula is C12H16N2O. The summed E-state index contributed by atoms with van der Waals surface area (Å²) in [6.45, 7) is 5.66. The van der Waals surface area contributed by atoms with Crippen molar-refractivity contribution < 1.29 is 4.79 Å². The summed E-state index contributed by atoms with van der Waals surface area (Å²) in [7, 11) is 1.89. The number of carbonyl (C=O) groups excluding carboxylic acids is 1. The van der Waals surface area contributed by atoms with Crippen LogP contribution in [-0.4, -0.2) is 15.6 Å². The lowest BCUT2D eigenvalue weighted by atomic mass is 10.1. The zero-order valence-corrected chi connectivity index (χ0v) is 9.72. The average molecular weight is 204 g/mol.